The molecule has 0 spiro atoms. The Morgan fingerprint density at radius 2 is 1.79 bits per heavy atom. The number of aromatic nitrogens is 4. The van der Waals surface area contributed by atoms with E-state index in [-0.39, 0.29) is 23.7 Å². The van der Waals surface area contributed by atoms with Crippen LogP contribution in [0.3, 0.4) is 0 Å². The van der Waals surface area contributed by atoms with Crippen molar-refractivity contribution >= 4 is 5.95 Å². The number of nitrogens with one attached hydrogen (secondary N) is 1. The van der Waals surface area contributed by atoms with E-state index < -0.39 is 12.3 Å². The highest BCUT2D eigenvalue weighted by Gasteiger charge is 2.17. The van der Waals surface area contributed by atoms with Gasteiger partial charge in [-0.05, 0) is 13.0 Å². The topological polar surface area (TPSA) is 76.7 Å². The fourth-order valence-electron chi connectivity index (χ4n) is 2.05. The first-order valence-corrected chi connectivity index (χ1v) is 6.99. The molecule has 24 heavy (non-hydrogen) atoms. The number of nitrogens with zero attached hydrogens (tertiary/aromatic N) is 4. The standard InChI is InChI=1S/C15H12F3N5O/c1-8(10-4-2-3-5-11(10)16)21-15-19-6-9(7-20-15)13-22-23-14(24-13)12(17)18/h2-8,12H,1H3,(H,19,20,21). The normalized spacial score (nSPS) is 12.4. The van der Waals surface area contributed by atoms with Crippen LogP contribution in [0.1, 0.15) is 30.8 Å². The molecule has 2 aromatic heterocycles. The van der Waals surface area contributed by atoms with E-state index in [0.29, 0.717) is 11.1 Å². The van der Waals surface area contributed by atoms with Crippen molar-refractivity contribution in [3.8, 4) is 11.5 Å². The molecular formula is C15H12F3N5O. The van der Waals surface area contributed by atoms with Gasteiger partial charge in [0.05, 0.1) is 11.6 Å². The van der Waals surface area contributed by atoms with Crippen LogP contribution in [0.15, 0.2) is 41.1 Å². The highest BCUT2D eigenvalue weighted by atomic mass is 19.3. The molecule has 9 heteroatoms. The summed E-state index contributed by atoms with van der Waals surface area (Å²) in [6.45, 7) is 1.77. The SMILES string of the molecule is CC(Nc1ncc(-c2nnc(C(F)F)o2)cn1)c1ccccc1F. The van der Waals surface area contributed by atoms with E-state index in [2.05, 4.69) is 25.5 Å². The Morgan fingerprint density at radius 1 is 1.08 bits per heavy atom. The highest BCUT2D eigenvalue weighted by Crippen LogP contribution is 2.23. The molecule has 2 heterocycles. The van der Waals surface area contributed by atoms with Crippen molar-refractivity contribution in [1.29, 1.82) is 0 Å². The van der Waals surface area contributed by atoms with Crippen molar-refractivity contribution < 1.29 is 17.6 Å². The number of halogens is 3. The third-order valence-electron chi connectivity index (χ3n) is 3.24. The summed E-state index contributed by atoms with van der Waals surface area (Å²) in [5, 5.41) is 9.70. The van der Waals surface area contributed by atoms with Crippen LogP contribution in [0.5, 0.6) is 0 Å². The number of hydrogen-bond acceptors (Lipinski definition) is 6. The quantitative estimate of drug-likeness (QED) is 0.765. The molecule has 0 radical (unpaired) electrons. The minimum atomic E-state index is -2.84. The van der Waals surface area contributed by atoms with E-state index in [1.165, 1.54) is 18.5 Å². The van der Waals surface area contributed by atoms with Gasteiger partial charge in [-0.15, -0.1) is 10.2 Å². The molecular weight excluding hydrogens is 323 g/mol. The van der Waals surface area contributed by atoms with Gasteiger partial charge in [0.1, 0.15) is 5.82 Å². The maximum absolute atomic E-state index is 13.7. The number of alkyl halides is 2. The molecule has 3 rings (SSSR count). The van der Waals surface area contributed by atoms with Gasteiger partial charge in [-0.3, -0.25) is 0 Å². The molecule has 1 aromatic carbocycles. The van der Waals surface area contributed by atoms with Crippen LogP contribution >= 0.6 is 0 Å². The molecule has 0 aliphatic heterocycles. The van der Waals surface area contributed by atoms with Gasteiger partial charge in [-0.1, -0.05) is 18.2 Å². The first-order valence-electron chi connectivity index (χ1n) is 6.99. The zero-order valence-electron chi connectivity index (χ0n) is 12.4. The lowest BCUT2D eigenvalue weighted by Gasteiger charge is -2.14. The third-order valence-corrected chi connectivity index (χ3v) is 3.24. The van der Waals surface area contributed by atoms with Crippen LogP contribution in [-0.4, -0.2) is 20.2 Å². The lowest BCUT2D eigenvalue weighted by molar-refractivity contribution is 0.116. The Bertz CT molecular complexity index is 822. The number of hydrogen-bond donors (Lipinski definition) is 1. The molecule has 1 unspecified atom stereocenters. The van der Waals surface area contributed by atoms with Gasteiger partial charge in [0.15, 0.2) is 0 Å². The lowest BCUT2D eigenvalue weighted by Crippen LogP contribution is -2.10. The molecule has 3 aromatic rings. The summed E-state index contributed by atoms with van der Waals surface area (Å²) in [6.07, 6.45) is -0.132. The third kappa shape index (κ3) is 3.34. The van der Waals surface area contributed by atoms with E-state index in [9.17, 15) is 13.2 Å². The molecule has 0 fully saturated rings. The first-order chi connectivity index (χ1) is 11.5. The molecule has 6 nitrogen and oxygen atoms in total. The smallest absolute Gasteiger partial charge is 0.314 e. The second kappa shape index (κ2) is 6.65. The van der Waals surface area contributed by atoms with Gasteiger partial charge in [0.2, 0.25) is 5.95 Å². The average molecular weight is 335 g/mol. The Labute approximate surface area is 134 Å². The van der Waals surface area contributed by atoms with Crippen LogP contribution in [-0.2, 0) is 0 Å². The van der Waals surface area contributed by atoms with Gasteiger partial charge < -0.3 is 9.73 Å². The fourth-order valence-corrected chi connectivity index (χ4v) is 2.05. The summed E-state index contributed by atoms with van der Waals surface area (Å²) in [7, 11) is 0. The summed E-state index contributed by atoms with van der Waals surface area (Å²) < 4.78 is 43.4. The molecule has 124 valence electrons. The maximum Gasteiger partial charge on any atom is 0.314 e. The molecule has 0 bridgehead atoms. The maximum atomic E-state index is 13.7. The fraction of sp³-hybridized carbons (Fsp3) is 0.200. The largest absolute Gasteiger partial charge is 0.415 e. The molecule has 1 N–H and O–H groups in total. The molecule has 0 aliphatic rings. The average Bonchev–Trinajstić information content (AvgIpc) is 3.06. The van der Waals surface area contributed by atoms with E-state index in [0.717, 1.165) is 0 Å². The number of rotatable bonds is 5. The Balaban J connectivity index is 1.73. The summed E-state index contributed by atoms with van der Waals surface area (Å²) >= 11 is 0. The molecule has 1 atom stereocenters. The Kier molecular flexibility index (Phi) is 4.41. The Morgan fingerprint density at radius 3 is 2.42 bits per heavy atom. The van der Waals surface area contributed by atoms with Gasteiger partial charge >= 0.3 is 6.43 Å². The molecule has 0 aliphatic carbocycles. The van der Waals surface area contributed by atoms with Gasteiger partial charge in [0.25, 0.3) is 11.8 Å². The van der Waals surface area contributed by atoms with Crippen LogP contribution in [0, 0.1) is 5.82 Å². The predicted octanol–water partition coefficient (Wildman–Crippen LogP) is 3.78. The van der Waals surface area contributed by atoms with Gasteiger partial charge in [-0.2, -0.15) is 8.78 Å². The molecule has 0 saturated carbocycles. The second-order valence-corrected chi connectivity index (χ2v) is 4.93. The van der Waals surface area contributed by atoms with Crippen molar-refractivity contribution in [3.63, 3.8) is 0 Å². The summed E-state index contributed by atoms with van der Waals surface area (Å²) in [5.74, 6) is -0.943. The van der Waals surface area contributed by atoms with Crippen molar-refractivity contribution in [2.45, 2.75) is 19.4 Å². The number of anilines is 1. The summed E-state index contributed by atoms with van der Waals surface area (Å²) in [4.78, 5) is 8.09. The van der Waals surface area contributed by atoms with Crippen molar-refractivity contribution in [1.82, 2.24) is 20.2 Å². The minimum absolute atomic E-state index is 0.0981. The van der Waals surface area contributed by atoms with Gasteiger partial charge in [-0.25, -0.2) is 14.4 Å². The highest BCUT2D eigenvalue weighted by molar-refractivity contribution is 5.50. The van der Waals surface area contributed by atoms with Crippen LogP contribution in [0.4, 0.5) is 19.1 Å². The predicted molar refractivity (Wildman–Crippen MR) is 78.7 cm³/mol. The number of benzene rings is 1. The summed E-state index contributed by atoms with van der Waals surface area (Å²) in [6, 6.07) is 6.01. The van der Waals surface area contributed by atoms with E-state index in [1.54, 1.807) is 25.1 Å². The minimum Gasteiger partial charge on any atom is -0.415 e. The van der Waals surface area contributed by atoms with Crippen molar-refractivity contribution in [2.24, 2.45) is 0 Å². The Hall–Kier alpha value is -2.97. The second-order valence-electron chi connectivity index (χ2n) is 4.93. The first kappa shape index (κ1) is 15.9. The van der Waals surface area contributed by atoms with Crippen LogP contribution in [0.25, 0.3) is 11.5 Å². The van der Waals surface area contributed by atoms with Gasteiger partial charge in [0, 0.05) is 18.0 Å². The van der Waals surface area contributed by atoms with Crippen LogP contribution in [0.2, 0.25) is 0 Å². The van der Waals surface area contributed by atoms with Crippen molar-refractivity contribution in [2.75, 3.05) is 5.32 Å². The van der Waals surface area contributed by atoms with Crippen molar-refractivity contribution in [3.05, 3.63) is 53.9 Å². The van der Waals surface area contributed by atoms with E-state index in [1.807, 2.05) is 0 Å². The van der Waals surface area contributed by atoms with Crippen LogP contribution < -0.4 is 5.32 Å². The molecule has 0 amide bonds. The zero-order chi connectivity index (χ0) is 17.1. The zero-order valence-corrected chi connectivity index (χ0v) is 12.4. The van der Waals surface area contributed by atoms with E-state index >= 15 is 0 Å². The van der Waals surface area contributed by atoms with E-state index in [4.69, 9.17) is 4.42 Å². The lowest BCUT2D eigenvalue weighted by atomic mass is 10.1. The monoisotopic (exact) mass is 335 g/mol. The summed E-state index contributed by atoms with van der Waals surface area (Å²) in [5.41, 5.74) is 0.780. The molecule has 0 saturated heterocycles.